The summed E-state index contributed by atoms with van der Waals surface area (Å²) in [7, 11) is 0. The Balaban J connectivity index is 1.30. The summed E-state index contributed by atoms with van der Waals surface area (Å²) in [6.45, 7) is 4.61. The second-order valence-electron chi connectivity index (χ2n) is 12.9. The zero-order valence-electron chi connectivity index (χ0n) is 26.3. The zero-order valence-corrected chi connectivity index (χ0v) is 26.3. The molecule has 1 aliphatic rings. The van der Waals surface area contributed by atoms with Crippen molar-refractivity contribution >= 4 is 21.5 Å². The highest BCUT2D eigenvalue weighted by atomic mass is 15.0. The van der Waals surface area contributed by atoms with Gasteiger partial charge in [-0.3, -0.25) is 0 Å². The van der Waals surface area contributed by atoms with E-state index in [0.717, 1.165) is 27.8 Å². The van der Waals surface area contributed by atoms with Gasteiger partial charge in [0.25, 0.3) is 0 Å². The highest BCUT2D eigenvalue weighted by Crippen LogP contribution is 2.49. The zero-order chi connectivity index (χ0) is 31.5. The van der Waals surface area contributed by atoms with E-state index in [2.05, 4.69) is 147 Å². The third kappa shape index (κ3) is 4.46. The number of fused-ring (bicyclic) bond motifs is 5. The summed E-state index contributed by atoms with van der Waals surface area (Å²) in [5.74, 6) is 1.98. The molecule has 0 saturated heterocycles. The molecule has 0 N–H and O–H groups in total. The van der Waals surface area contributed by atoms with Crippen molar-refractivity contribution in [2.45, 2.75) is 19.3 Å². The van der Waals surface area contributed by atoms with Gasteiger partial charge in [-0.05, 0) is 67.6 Å². The van der Waals surface area contributed by atoms with Gasteiger partial charge in [0.1, 0.15) is 0 Å². The van der Waals surface area contributed by atoms with Gasteiger partial charge in [0, 0.05) is 27.7 Å². The van der Waals surface area contributed by atoms with Crippen molar-refractivity contribution in [1.29, 1.82) is 0 Å². The number of hydrogen-bond donors (Lipinski definition) is 0. The van der Waals surface area contributed by atoms with E-state index in [9.17, 15) is 0 Å². The molecule has 1 aliphatic carbocycles. The molecule has 0 aliphatic heterocycles. The second kappa shape index (κ2) is 10.6. The predicted octanol–water partition coefficient (Wildman–Crippen LogP) is 11.2. The fourth-order valence-electron chi connectivity index (χ4n) is 7.31. The third-order valence-electron chi connectivity index (χ3n) is 9.72. The van der Waals surface area contributed by atoms with E-state index in [1.165, 1.54) is 43.8 Å². The Labute approximate surface area is 274 Å². The fraction of sp³-hybridized carbons (Fsp3) is 0.0682. The predicted molar refractivity (Wildman–Crippen MR) is 194 cm³/mol. The van der Waals surface area contributed by atoms with Gasteiger partial charge in [-0.15, -0.1) is 0 Å². The van der Waals surface area contributed by atoms with Crippen molar-refractivity contribution in [3.05, 3.63) is 163 Å². The molecule has 0 amide bonds. The maximum absolute atomic E-state index is 5.25. The monoisotopic (exact) mass is 601 g/mol. The van der Waals surface area contributed by atoms with E-state index < -0.39 is 0 Å². The van der Waals surface area contributed by atoms with Crippen molar-refractivity contribution in [2.75, 3.05) is 0 Å². The van der Waals surface area contributed by atoms with E-state index in [1.807, 2.05) is 18.2 Å². The number of aromatic nitrogens is 3. The van der Waals surface area contributed by atoms with Gasteiger partial charge in [0.2, 0.25) is 0 Å². The first kappa shape index (κ1) is 27.4. The smallest absolute Gasteiger partial charge is 0.164 e. The Bertz CT molecular complexity index is 2490. The van der Waals surface area contributed by atoms with Crippen LogP contribution in [0.4, 0.5) is 0 Å². The second-order valence-corrected chi connectivity index (χ2v) is 12.9. The topological polar surface area (TPSA) is 38.7 Å². The molecule has 7 aromatic carbocycles. The van der Waals surface area contributed by atoms with Crippen molar-refractivity contribution in [3.8, 4) is 56.4 Å². The van der Waals surface area contributed by atoms with E-state index in [1.54, 1.807) is 0 Å². The quantitative estimate of drug-likeness (QED) is 0.201. The molecule has 1 heterocycles. The standard InChI is InChI=1S/C44H31N3/c1-44(2)38-19-11-10-18-35(38)37-27-33(23-25-39(37)44)42-45-41(30-14-4-3-5-15-30)46-43(47-42)36-24-22-29-13-8-9-17-34(29)40(36)32-21-20-28-12-6-7-16-31(28)26-32/h3-27H,1-2H3. The minimum Gasteiger partial charge on any atom is -0.208 e. The van der Waals surface area contributed by atoms with Gasteiger partial charge in [-0.1, -0.05) is 147 Å². The molecule has 47 heavy (non-hydrogen) atoms. The lowest BCUT2D eigenvalue weighted by Gasteiger charge is -2.21. The van der Waals surface area contributed by atoms with Crippen LogP contribution in [0.5, 0.6) is 0 Å². The largest absolute Gasteiger partial charge is 0.208 e. The average Bonchev–Trinajstić information content (AvgIpc) is 3.36. The van der Waals surface area contributed by atoms with E-state index >= 15 is 0 Å². The molecule has 222 valence electrons. The summed E-state index contributed by atoms with van der Waals surface area (Å²) in [5.41, 5.74) is 10.3. The van der Waals surface area contributed by atoms with Crippen LogP contribution in [0.2, 0.25) is 0 Å². The fourth-order valence-corrected chi connectivity index (χ4v) is 7.31. The van der Waals surface area contributed by atoms with Gasteiger partial charge in [0.05, 0.1) is 0 Å². The van der Waals surface area contributed by atoms with Crippen molar-refractivity contribution in [1.82, 2.24) is 15.0 Å². The van der Waals surface area contributed by atoms with E-state index in [4.69, 9.17) is 15.0 Å². The Morgan fingerprint density at radius 1 is 0.383 bits per heavy atom. The third-order valence-corrected chi connectivity index (χ3v) is 9.72. The molecule has 9 rings (SSSR count). The first-order chi connectivity index (χ1) is 23.0. The average molecular weight is 602 g/mol. The molecule has 3 heteroatoms. The van der Waals surface area contributed by atoms with Crippen LogP contribution in [-0.2, 0) is 5.41 Å². The van der Waals surface area contributed by atoms with Gasteiger partial charge in [0.15, 0.2) is 17.5 Å². The molecule has 0 unspecified atom stereocenters. The van der Waals surface area contributed by atoms with Crippen molar-refractivity contribution in [3.63, 3.8) is 0 Å². The van der Waals surface area contributed by atoms with Crippen LogP contribution in [-0.4, -0.2) is 15.0 Å². The minimum absolute atomic E-state index is 0.0657. The molecule has 0 saturated carbocycles. The summed E-state index contributed by atoms with van der Waals surface area (Å²) in [5, 5.41) is 4.76. The van der Waals surface area contributed by atoms with Gasteiger partial charge in [-0.2, -0.15) is 0 Å². The maximum atomic E-state index is 5.25. The molecule has 0 atom stereocenters. The molecule has 0 radical (unpaired) electrons. The Morgan fingerprint density at radius 2 is 1.00 bits per heavy atom. The highest BCUT2D eigenvalue weighted by molar-refractivity contribution is 6.05. The number of hydrogen-bond acceptors (Lipinski definition) is 3. The van der Waals surface area contributed by atoms with Gasteiger partial charge < -0.3 is 0 Å². The van der Waals surface area contributed by atoms with E-state index in [0.29, 0.717) is 17.5 Å². The minimum atomic E-state index is -0.0657. The highest BCUT2D eigenvalue weighted by Gasteiger charge is 2.35. The molecule has 0 fully saturated rings. The lowest BCUT2D eigenvalue weighted by atomic mass is 9.82. The maximum Gasteiger partial charge on any atom is 0.164 e. The van der Waals surface area contributed by atoms with Crippen LogP contribution in [0.1, 0.15) is 25.0 Å². The molecular weight excluding hydrogens is 571 g/mol. The molecule has 1 aromatic heterocycles. The summed E-state index contributed by atoms with van der Waals surface area (Å²) < 4.78 is 0. The van der Waals surface area contributed by atoms with Crippen LogP contribution in [0.25, 0.3) is 78.0 Å². The Morgan fingerprint density at radius 3 is 1.85 bits per heavy atom. The summed E-state index contributed by atoms with van der Waals surface area (Å²) in [4.78, 5) is 15.5. The van der Waals surface area contributed by atoms with Crippen molar-refractivity contribution < 1.29 is 0 Å². The van der Waals surface area contributed by atoms with Crippen LogP contribution < -0.4 is 0 Å². The SMILES string of the molecule is CC1(C)c2ccccc2-c2cc(-c3nc(-c4ccccc4)nc(-c4ccc5ccccc5c4-c4ccc5ccccc5c4)n3)ccc21. The molecule has 0 spiro atoms. The summed E-state index contributed by atoms with van der Waals surface area (Å²) >= 11 is 0. The molecule has 3 nitrogen and oxygen atoms in total. The first-order valence-corrected chi connectivity index (χ1v) is 16.1. The van der Waals surface area contributed by atoms with Crippen LogP contribution in [0.3, 0.4) is 0 Å². The summed E-state index contributed by atoms with van der Waals surface area (Å²) in [6.07, 6.45) is 0. The van der Waals surface area contributed by atoms with Crippen molar-refractivity contribution in [2.24, 2.45) is 0 Å². The van der Waals surface area contributed by atoms with E-state index in [-0.39, 0.29) is 5.41 Å². The van der Waals surface area contributed by atoms with Crippen LogP contribution >= 0.6 is 0 Å². The normalized spacial score (nSPS) is 13.1. The lowest BCUT2D eigenvalue weighted by Crippen LogP contribution is -2.14. The van der Waals surface area contributed by atoms with Gasteiger partial charge in [-0.25, -0.2) is 15.0 Å². The Hall–Kier alpha value is -5.93. The van der Waals surface area contributed by atoms with Crippen LogP contribution in [0.15, 0.2) is 152 Å². The molecule has 0 bridgehead atoms. The Kier molecular flexibility index (Phi) is 6.16. The lowest BCUT2D eigenvalue weighted by molar-refractivity contribution is 0.660. The number of nitrogens with zero attached hydrogens (tertiary/aromatic N) is 3. The molecule has 8 aromatic rings. The first-order valence-electron chi connectivity index (χ1n) is 16.1. The van der Waals surface area contributed by atoms with Crippen LogP contribution in [0, 0.1) is 0 Å². The number of rotatable bonds is 4. The summed E-state index contributed by atoms with van der Waals surface area (Å²) in [6, 6.07) is 53.8. The molecular formula is C44H31N3. The van der Waals surface area contributed by atoms with Gasteiger partial charge >= 0.3 is 0 Å². The number of benzene rings is 7.